The zero-order valence-corrected chi connectivity index (χ0v) is 12.4. The lowest BCUT2D eigenvalue weighted by Crippen LogP contribution is -2.12. The monoisotopic (exact) mass is 285 g/mol. The minimum absolute atomic E-state index is 0.0898. The van der Waals surface area contributed by atoms with Crippen molar-refractivity contribution in [3.05, 3.63) is 35.9 Å². The topological polar surface area (TPSA) is 57.1 Å². The van der Waals surface area contributed by atoms with Crippen LogP contribution in [0.5, 0.6) is 0 Å². The summed E-state index contributed by atoms with van der Waals surface area (Å²) < 4.78 is 23.0. The third kappa shape index (κ3) is 5.15. The molecule has 0 heterocycles. The second kappa shape index (κ2) is 8.10. The molecule has 6 heteroatoms. The van der Waals surface area contributed by atoms with Gasteiger partial charge in [0, 0.05) is 0 Å². The molecule has 1 aromatic rings. The van der Waals surface area contributed by atoms with Crippen molar-refractivity contribution in [2.45, 2.75) is 13.8 Å². The zero-order valence-electron chi connectivity index (χ0n) is 11.5. The highest BCUT2D eigenvalue weighted by Gasteiger charge is 2.27. The number of hydrogen-bond donors (Lipinski definition) is 0. The van der Waals surface area contributed by atoms with Gasteiger partial charge < -0.3 is 13.9 Å². The summed E-state index contributed by atoms with van der Waals surface area (Å²) in [6, 6.07) is 9.42. The Balaban J connectivity index is 2.95. The lowest BCUT2D eigenvalue weighted by molar-refractivity contribution is 0.210. The van der Waals surface area contributed by atoms with Gasteiger partial charge in [0.15, 0.2) is 0 Å². The summed E-state index contributed by atoms with van der Waals surface area (Å²) in [6.07, 6.45) is 0.0898. The first kappa shape index (κ1) is 15.9. The lowest BCUT2D eigenvalue weighted by Gasteiger charge is -2.17. The molecule has 0 N–H and O–H groups in total. The minimum Gasteiger partial charge on any atom is -0.399 e. The zero-order chi connectivity index (χ0) is 14.1. The fraction of sp³-hybridized carbons (Fsp3) is 0.462. The van der Waals surface area contributed by atoms with E-state index >= 15 is 0 Å². The van der Waals surface area contributed by atoms with E-state index in [2.05, 4.69) is 5.16 Å². The summed E-state index contributed by atoms with van der Waals surface area (Å²) in [7, 11) is -1.73. The summed E-state index contributed by atoms with van der Waals surface area (Å²) >= 11 is 0. The summed E-state index contributed by atoms with van der Waals surface area (Å²) in [5.41, 5.74) is 1.39. The Morgan fingerprint density at radius 3 is 2.21 bits per heavy atom. The normalized spacial score (nSPS) is 12.5. The fourth-order valence-corrected chi connectivity index (χ4v) is 3.27. The Labute approximate surface area is 114 Å². The lowest BCUT2D eigenvalue weighted by atomic mass is 10.1. The fourth-order valence-electron chi connectivity index (χ4n) is 1.62. The average molecular weight is 285 g/mol. The van der Waals surface area contributed by atoms with Gasteiger partial charge in [-0.3, -0.25) is 4.57 Å². The summed E-state index contributed by atoms with van der Waals surface area (Å²) in [5.74, 6) is 0. The maximum Gasteiger partial charge on any atom is 0.336 e. The first-order valence-corrected chi connectivity index (χ1v) is 7.91. The largest absolute Gasteiger partial charge is 0.399 e. The van der Waals surface area contributed by atoms with Gasteiger partial charge in [0.05, 0.1) is 25.1 Å². The van der Waals surface area contributed by atoms with Gasteiger partial charge in [-0.15, -0.1) is 0 Å². The van der Waals surface area contributed by atoms with Crippen LogP contribution in [0.15, 0.2) is 35.5 Å². The summed E-state index contributed by atoms with van der Waals surface area (Å²) in [4.78, 5) is 4.82. The predicted octanol–water partition coefficient (Wildman–Crippen LogP) is 3.30. The maximum absolute atomic E-state index is 12.5. The third-order valence-corrected chi connectivity index (χ3v) is 4.29. The Morgan fingerprint density at radius 2 is 1.74 bits per heavy atom. The van der Waals surface area contributed by atoms with Crippen molar-refractivity contribution in [1.82, 2.24) is 0 Å². The molecule has 0 unspecified atom stereocenters. The van der Waals surface area contributed by atoms with Crippen LogP contribution in [0.3, 0.4) is 0 Å². The van der Waals surface area contributed by atoms with Gasteiger partial charge in [0.25, 0.3) is 0 Å². The van der Waals surface area contributed by atoms with Gasteiger partial charge in [-0.25, -0.2) is 0 Å². The van der Waals surface area contributed by atoms with E-state index < -0.39 is 7.60 Å². The molecule has 106 valence electrons. The van der Waals surface area contributed by atoms with Crippen molar-refractivity contribution >= 4 is 13.3 Å². The molecule has 0 saturated carbocycles. The molecular weight excluding hydrogens is 265 g/mol. The van der Waals surface area contributed by atoms with Crippen molar-refractivity contribution in [1.29, 1.82) is 0 Å². The molecule has 0 fully saturated rings. The summed E-state index contributed by atoms with van der Waals surface area (Å²) in [5, 5.41) is 3.93. The molecule has 1 rings (SSSR count). The number of oxime groups is 1. The van der Waals surface area contributed by atoms with Gasteiger partial charge in [0.1, 0.15) is 7.11 Å². The van der Waals surface area contributed by atoms with Crippen molar-refractivity contribution in [2.75, 3.05) is 26.5 Å². The van der Waals surface area contributed by atoms with Crippen LogP contribution in [0.4, 0.5) is 0 Å². The van der Waals surface area contributed by atoms with E-state index in [1.54, 1.807) is 13.8 Å². The van der Waals surface area contributed by atoms with E-state index in [1.807, 2.05) is 30.3 Å². The molecule has 19 heavy (non-hydrogen) atoms. The Bertz CT molecular complexity index is 437. The molecule has 0 amide bonds. The Morgan fingerprint density at radius 1 is 1.16 bits per heavy atom. The molecule has 5 nitrogen and oxygen atoms in total. The Hall–Kier alpha value is -1.16. The highest BCUT2D eigenvalue weighted by Crippen LogP contribution is 2.48. The molecule has 0 radical (unpaired) electrons. The smallest absolute Gasteiger partial charge is 0.336 e. The third-order valence-electron chi connectivity index (χ3n) is 2.30. The molecule has 0 aliphatic carbocycles. The van der Waals surface area contributed by atoms with E-state index in [0.717, 1.165) is 5.56 Å². The minimum atomic E-state index is -3.18. The quantitative estimate of drug-likeness (QED) is 0.418. The van der Waals surface area contributed by atoms with Crippen molar-refractivity contribution in [3.63, 3.8) is 0 Å². The Kier molecular flexibility index (Phi) is 6.78. The van der Waals surface area contributed by atoms with E-state index in [0.29, 0.717) is 18.9 Å². The van der Waals surface area contributed by atoms with Gasteiger partial charge in [-0.1, -0.05) is 35.5 Å². The second-order valence-corrected chi connectivity index (χ2v) is 5.75. The van der Waals surface area contributed by atoms with Crippen molar-refractivity contribution in [3.8, 4) is 0 Å². The van der Waals surface area contributed by atoms with E-state index in [9.17, 15) is 4.57 Å². The highest BCUT2D eigenvalue weighted by molar-refractivity contribution is 7.55. The first-order chi connectivity index (χ1) is 9.15. The molecular formula is C13H20NO4P. The van der Waals surface area contributed by atoms with Crippen LogP contribution in [0.1, 0.15) is 19.4 Å². The highest BCUT2D eigenvalue weighted by atomic mass is 31.2. The van der Waals surface area contributed by atoms with Gasteiger partial charge in [-0.2, -0.15) is 0 Å². The van der Waals surface area contributed by atoms with Crippen molar-refractivity contribution in [2.24, 2.45) is 5.16 Å². The van der Waals surface area contributed by atoms with Gasteiger partial charge in [0.2, 0.25) is 0 Å². The first-order valence-electron chi connectivity index (χ1n) is 6.18. The summed E-state index contributed by atoms with van der Waals surface area (Å²) in [6.45, 7) is 4.21. The molecule has 0 spiro atoms. The van der Waals surface area contributed by atoms with Crippen LogP contribution < -0.4 is 0 Å². The number of nitrogens with zero attached hydrogens (tertiary/aromatic N) is 1. The predicted molar refractivity (Wildman–Crippen MR) is 75.7 cm³/mol. The average Bonchev–Trinajstić information content (AvgIpc) is 2.40. The van der Waals surface area contributed by atoms with E-state index in [4.69, 9.17) is 13.9 Å². The van der Waals surface area contributed by atoms with E-state index in [-0.39, 0.29) is 6.16 Å². The van der Waals surface area contributed by atoms with Crippen molar-refractivity contribution < 1.29 is 18.5 Å². The van der Waals surface area contributed by atoms with Crippen LogP contribution in [0, 0.1) is 0 Å². The van der Waals surface area contributed by atoms with Crippen LogP contribution in [-0.2, 0) is 18.5 Å². The molecule has 0 aliphatic heterocycles. The SMILES string of the molecule is CCOP(=O)(C/C(=N/OC)c1ccccc1)OCC. The van der Waals surface area contributed by atoms with Crippen LogP contribution in [0.25, 0.3) is 0 Å². The molecule has 1 aromatic carbocycles. The number of benzene rings is 1. The molecule has 0 saturated heterocycles. The molecule has 0 bridgehead atoms. The number of rotatable bonds is 8. The van der Waals surface area contributed by atoms with Crippen LogP contribution in [0.2, 0.25) is 0 Å². The van der Waals surface area contributed by atoms with Crippen LogP contribution >= 0.6 is 7.60 Å². The standard InChI is InChI=1S/C13H20NO4P/c1-4-17-19(15,18-5-2)11-13(14-16-3)12-9-7-6-8-10-12/h6-10H,4-5,11H2,1-3H3/b14-13-. The van der Waals surface area contributed by atoms with Gasteiger partial charge >= 0.3 is 7.60 Å². The number of hydrogen-bond acceptors (Lipinski definition) is 5. The van der Waals surface area contributed by atoms with Gasteiger partial charge in [-0.05, 0) is 19.4 Å². The second-order valence-electron chi connectivity index (χ2n) is 3.69. The van der Waals surface area contributed by atoms with E-state index in [1.165, 1.54) is 7.11 Å². The molecule has 0 atom stereocenters. The molecule has 0 aromatic heterocycles. The molecule has 0 aliphatic rings. The maximum atomic E-state index is 12.5. The van der Waals surface area contributed by atoms with Crippen LogP contribution in [-0.4, -0.2) is 32.2 Å².